The topological polar surface area (TPSA) is 49.4 Å². The highest BCUT2D eigenvalue weighted by Gasteiger charge is 2.32. The normalized spacial score (nSPS) is 17.5. The molecule has 0 unspecified atom stereocenters. The van der Waals surface area contributed by atoms with E-state index in [0.717, 1.165) is 25.7 Å². The second-order valence-corrected chi connectivity index (χ2v) is 5.89. The van der Waals surface area contributed by atoms with Crippen molar-refractivity contribution in [3.05, 3.63) is 0 Å². The van der Waals surface area contributed by atoms with Crippen LogP contribution in [0.25, 0.3) is 0 Å². The lowest BCUT2D eigenvalue weighted by Crippen LogP contribution is -2.49. The molecule has 0 aromatic carbocycles. The Balaban J connectivity index is 0.000000486. The number of hydrogen-bond donors (Lipinski definition) is 0. The number of carbonyl (C=O) groups excluding carboxylic acids is 1. The third-order valence-corrected chi connectivity index (χ3v) is 3.21. The summed E-state index contributed by atoms with van der Waals surface area (Å²) in [5.41, 5.74) is 0. The second kappa shape index (κ2) is 9.25. The van der Waals surface area contributed by atoms with Gasteiger partial charge in [0.05, 0.1) is 26.2 Å². The summed E-state index contributed by atoms with van der Waals surface area (Å²) in [4.78, 5) is 8.78. The number of halogens is 3. The zero-order valence-corrected chi connectivity index (χ0v) is 13.0. The number of ether oxygens (including phenoxy) is 1. The minimum absolute atomic E-state index is 0.790. The van der Waals surface area contributed by atoms with Crippen LogP contribution in [0.1, 0.15) is 40.0 Å². The fourth-order valence-electron chi connectivity index (χ4n) is 2.55. The van der Waals surface area contributed by atoms with Gasteiger partial charge in [-0.2, -0.15) is 13.2 Å². The lowest BCUT2D eigenvalue weighted by atomic mass is 10.2. The van der Waals surface area contributed by atoms with Crippen molar-refractivity contribution in [3.8, 4) is 0 Å². The van der Waals surface area contributed by atoms with E-state index in [-0.39, 0.29) is 0 Å². The van der Waals surface area contributed by atoms with Crippen molar-refractivity contribution in [2.24, 2.45) is 5.92 Å². The first-order valence-electron chi connectivity index (χ1n) is 7.34. The maximum Gasteiger partial charge on any atom is 0.430 e. The highest BCUT2D eigenvalue weighted by Crippen LogP contribution is 2.21. The minimum Gasteiger partial charge on any atom is -0.542 e. The first-order valence-corrected chi connectivity index (χ1v) is 7.34. The van der Waals surface area contributed by atoms with Gasteiger partial charge in [-0.05, 0) is 6.42 Å². The molecule has 1 saturated heterocycles. The number of rotatable bonds is 6. The van der Waals surface area contributed by atoms with Crippen molar-refractivity contribution in [2.45, 2.75) is 46.2 Å². The van der Waals surface area contributed by atoms with Crippen LogP contribution in [-0.4, -0.2) is 49.6 Å². The average molecular weight is 313 g/mol. The van der Waals surface area contributed by atoms with Crippen LogP contribution in [0.5, 0.6) is 0 Å². The third-order valence-electron chi connectivity index (χ3n) is 3.21. The molecule has 1 aliphatic heterocycles. The van der Waals surface area contributed by atoms with E-state index in [9.17, 15) is 13.2 Å². The van der Waals surface area contributed by atoms with E-state index in [1.165, 1.54) is 37.0 Å². The predicted molar refractivity (Wildman–Crippen MR) is 71.1 cm³/mol. The molecule has 0 aliphatic carbocycles. The number of carboxylic acid groups (broad SMARTS) is 1. The van der Waals surface area contributed by atoms with Crippen LogP contribution in [0, 0.1) is 5.92 Å². The van der Waals surface area contributed by atoms with Crippen LogP contribution in [-0.2, 0) is 9.53 Å². The van der Waals surface area contributed by atoms with Crippen LogP contribution >= 0.6 is 0 Å². The summed E-state index contributed by atoms with van der Waals surface area (Å²) in [6.07, 6.45) is -1.27. The Kier molecular flexibility index (Phi) is 8.89. The summed E-state index contributed by atoms with van der Waals surface area (Å²) in [5, 5.41) is 8.78. The maximum absolute atomic E-state index is 10.5. The van der Waals surface area contributed by atoms with Gasteiger partial charge in [-0.1, -0.05) is 20.8 Å². The van der Waals surface area contributed by atoms with Crippen LogP contribution in [0.3, 0.4) is 0 Å². The van der Waals surface area contributed by atoms with E-state index in [1.54, 1.807) is 0 Å². The van der Waals surface area contributed by atoms with Crippen molar-refractivity contribution in [2.75, 3.05) is 33.0 Å². The Morgan fingerprint density at radius 3 is 2.10 bits per heavy atom. The molecule has 126 valence electrons. The fourth-order valence-corrected chi connectivity index (χ4v) is 2.55. The highest BCUT2D eigenvalue weighted by molar-refractivity contribution is 5.70. The summed E-state index contributed by atoms with van der Waals surface area (Å²) >= 11 is 0. The minimum atomic E-state index is -5.19. The van der Waals surface area contributed by atoms with E-state index in [0.29, 0.717) is 0 Å². The van der Waals surface area contributed by atoms with Gasteiger partial charge in [0, 0.05) is 18.8 Å². The van der Waals surface area contributed by atoms with Crippen molar-refractivity contribution in [1.29, 1.82) is 0 Å². The summed E-state index contributed by atoms with van der Waals surface area (Å²) in [7, 11) is 0. The second-order valence-electron chi connectivity index (χ2n) is 5.89. The van der Waals surface area contributed by atoms with Gasteiger partial charge in [0.25, 0.3) is 0 Å². The zero-order chi connectivity index (χ0) is 16.5. The summed E-state index contributed by atoms with van der Waals surface area (Å²) in [6, 6.07) is 0. The van der Waals surface area contributed by atoms with Crippen LogP contribution in [0.2, 0.25) is 0 Å². The van der Waals surface area contributed by atoms with Crippen LogP contribution in [0.15, 0.2) is 0 Å². The molecule has 0 bridgehead atoms. The number of likely N-dealkylation sites (tertiary alicyclic amines) is 1. The van der Waals surface area contributed by atoms with Gasteiger partial charge in [0.1, 0.15) is 5.97 Å². The van der Waals surface area contributed by atoms with Crippen molar-refractivity contribution in [3.63, 3.8) is 0 Å². The van der Waals surface area contributed by atoms with Gasteiger partial charge in [0.2, 0.25) is 0 Å². The van der Waals surface area contributed by atoms with Gasteiger partial charge in [0.15, 0.2) is 6.73 Å². The Morgan fingerprint density at radius 1 is 1.29 bits per heavy atom. The molecule has 21 heavy (non-hydrogen) atoms. The van der Waals surface area contributed by atoms with Crippen LogP contribution < -0.4 is 5.11 Å². The van der Waals surface area contributed by atoms with Crippen molar-refractivity contribution < 1.29 is 32.3 Å². The Morgan fingerprint density at radius 2 is 1.76 bits per heavy atom. The van der Waals surface area contributed by atoms with Gasteiger partial charge in [-0.15, -0.1) is 0 Å². The number of alkyl halides is 3. The average Bonchev–Trinajstić information content (AvgIpc) is 2.76. The monoisotopic (exact) mass is 313 g/mol. The Bertz CT molecular complexity index is 300. The molecule has 0 saturated carbocycles. The first kappa shape index (κ1) is 20.2. The summed E-state index contributed by atoms with van der Waals surface area (Å²) < 4.78 is 38.5. The molecule has 0 spiro atoms. The lowest BCUT2D eigenvalue weighted by Gasteiger charge is -2.35. The SMILES string of the molecule is CCCOC[N+]1(CC(C)C)CCCC1.O=C([O-])C(F)(F)F. The molecule has 7 heteroatoms. The van der Waals surface area contributed by atoms with Crippen molar-refractivity contribution in [1.82, 2.24) is 0 Å². The number of quaternary nitrogens is 1. The molecule has 1 aliphatic rings. The maximum atomic E-state index is 10.5. The number of hydrogen-bond acceptors (Lipinski definition) is 3. The fraction of sp³-hybridized carbons (Fsp3) is 0.929. The van der Waals surface area contributed by atoms with E-state index >= 15 is 0 Å². The molecular formula is C14H26F3NO3. The lowest BCUT2D eigenvalue weighted by molar-refractivity contribution is -0.937. The van der Waals surface area contributed by atoms with Crippen LogP contribution in [0.4, 0.5) is 13.2 Å². The quantitative estimate of drug-likeness (QED) is 0.556. The molecule has 0 amide bonds. The Hall–Kier alpha value is -0.820. The van der Waals surface area contributed by atoms with Gasteiger partial charge < -0.3 is 19.1 Å². The molecule has 0 N–H and O–H groups in total. The van der Waals surface area contributed by atoms with Crippen molar-refractivity contribution >= 4 is 5.97 Å². The standard InChI is InChI=1S/C12H26NO.C2HF3O2/c1-4-9-14-11-13(10-12(2)3)7-5-6-8-13;3-2(4,5)1(6)7/h12H,4-11H2,1-3H3;(H,6,7)/q+1;/p-1. The molecule has 4 nitrogen and oxygen atoms in total. The van der Waals surface area contributed by atoms with Gasteiger partial charge in [-0.25, -0.2) is 0 Å². The molecule has 1 heterocycles. The third kappa shape index (κ3) is 8.93. The van der Waals surface area contributed by atoms with E-state index in [1.807, 2.05) is 0 Å². The molecule has 0 radical (unpaired) electrons. The van der Waals surface area contributed by atoms with E-state index < -0.39 is 12.1 Å². The van der Waals surface area contributed by atoms with E-state index in [4.69, 9.17) is 14.6 Å². The molecule has 1 fully saturated rings. The number of nitrogens with zero attached hydrogens (tertiary/aromatic N) is 1. The largest absolute Gasteiger partial charge is 0.542 e. The zero-order valence-electron chi connectivity index (χ0n) is 13.0. The van der Waals surface area contributed by atoms with E-state index in [2.05, 4.69) is 20.8 Å². The molecule has 0 atom stereocenters. The summed E-state index contributed by atoms with van der Waals surface area (Å²) in [6.45, 7) is 12.7. The molecule has 0 aromatic rings. The summed E-state index contributed by atoms with van der Waals surface area (Å²) in [5.74, 6) is -2.22. The van der Waals surface area contributed by atoms with Gasteiger partial charge in [-0.3, -0.25) is 0 Å². The number of aliphatic carboxylic acids is 1. The molecule has 1 rings (SSSR count). The Labute approximate surface area is 124 Å². The number of carbonyl (C=O) groups is 1. The smallest absolute Gasteiger partial charge is 0.430 e. The van der Waals surface area contributed by atoms with Gasteiger partial charge >= 0.3 is 6.18 Å². The highest BCUT2D eigenvalue weighted by atomic mass is 19.4. The predicted octanol–water partition coefficient (Wildman–Crippen LogP) is 1.94. The number of carboxylic acids is 1. The molecular weight excluding hydrogens is 287 g/mol. The first-order chi connectivity index (χ1) is 9.63. The molecule has 0 aromatic heterocycles.